The van der Waals surface area contributed by atoms with Crippen LogP contribution in [-0.4, -0.2) is 24.3 Å². The highest BCUT2D eigenvalue weighted by Gasteiger charge is 2.37. The minimum atomic E-state index is -0.116. The molecular weight excluding hydrogens is 322 g/mol. The van der Waals surface area contributed by atoms with Crippen LogP contribution in [0.5, 0.6) is 0 Å². The van der Waals surface area contributed by atoms with Gasteiger partial charge in [-0.15, -0.1) is 11.3 Å². The van der Waals surface area contributed by atoms with Crippen molar-refractivity contribution in [1.82, 2.24) is 4.90 Å². The Hall–Kier alpha value is -0.190. The Morgan fingerprint density at radius 1 is 1.53 bits per heavy atom. The van der Waals surface area contributed by atoms with Gasteiger partial charge in [0.2, 0.25) is 0 Å². The predicted molar refractivity (Wildman–Crippen MR) is 84.5 cm³/mol. The number of nitrogens with zero attached hydrogens (tertiary/aromatic N) is 1. The molecule has 1 aliphatic rings. The lowest BCUT2D eigenvalue weighted by Crippen LogP contribution is -2.40. The van der Waals surface area contributed by atoms with Crippen LogP contribution in [0.15, 0.2) is 15.2 Å². The molecule has 1 saturated carbocycles. The van der Waals surface area contributed by atoms with Gasteiger partial charge in [-0.2, -0.15) is 0 Å². The molecule has 0 amide bonds. The molecule has 4 heteroatoms. The summed E-state index contributed by atoms with van der Waals surface area (Å²) >= 11 is 5.21. The maximum Gasteiger partial charge on any atom is 0.142 e. The van der Waals surface area contributed by atoms with E-state index in [1.54, 1.807) is 11.3 Å². The average molecular weight is 344 g/mol. The third-order valence-electron chi connectivity index (χ3n) is 4.00. The van der Waals surface area contributed by atoms with Gasteiger partial charge >= 0.3 is 0 Å². The van der Waals surface area contributed by atoms with Crippen molar-refractivity contribution in [2.24, 2.45) is 11.3 Å². The smallest absolute Gasteiger partial charge is 0.142 e. The Kier molecular flexibility index (Phi) is 4.85. The third-order valence-corrected chi connectivity index (χ3v) is 5.55. The summed E-state index contributed by atoms with van der Waals surface area (Å²) in [4.78, 5) is 14.7. The van der Waals surface area contributed by atoms with Gasteiger partial charge in [0.05, 0.1) is 3.79 Å². The Morgan fingerprint density at radius 2 is 2.26 bits per heavy atom. The predicted octanol–water partition coefficient (Wildman–Crippen LogP) is 4.34. The standard InChI is InChI=1S/C15H22BrNOS/c1-15(2)6-4-5-12(14(15)18)9-17(3)8-11-7-13(16)19-10-11/h7,10,12H,4-6,8-9H2,1-3H3. The summed E-state index contributed by atoms with van der Waals surface area (Å²) in [5.74, 6) is 0.674. The van der Waals surface area contributed by atoms with E-state index in [9.17, 15) is 4.79 Å². The molecule has 2 rings (SSSR count). The first-order valence-electron chi connectivity index (χ1n) is 6.84. The van der Waals surface area contributed by atoms with Gasteiger partial charge in [-0.05, 0) is 52.8 Å². The molecule has 0 aliphatic heterocycles. The molecule has 0 spiro atoms. The van der Waals surface area contributed by atoms with Crippen LogP contribution in [0.4, 0.5) is 0 Å². The van der Waals surface area contributed by atoms with E-state index in [0.29, 0.717) is 5.78 Å². The van der Waals surface area contributed by atoms with Gasteiger partial charge in [0.25, 0.3) is 0 Å². The van der Waals surface area contributed by atoms with E-state index in [1.807, 2.05) is 0 Å². The van der Waals surface area contributed by atoms with Crippen LogP contribution in [0.25, 0.3) is 0 Å². The number of halogens is 1. The SMILES string of the molecule is CN(Cc1csc(Br)c1)CC1CCCC(C)(C)C1=O. The summed E-state index contributed by atoms with van der Waals surface area (Å²) in [7, 11) is 2.11. The van der Waals surface area contributed by atoms with Crippen LogP contribution in [0.1, 0.15) is 38.7 Å². The van der Waals surface area contributed by atoms with Crippen molar-refractivity contribution >= 4 is 33.0 Å². The molecule has 1 unspecified atom stereocenters. The zero-order valence-electron chi connectivity index (χ0n) is 11.9. The first kappa shape index (κ1) is 15.2. The van der Waals surface area contributed by atoms with E-state index in [1.165, 1.54) is 15.8 Å². The topological polar surface area (TPSA) is 20.3 Å². The molecule has 1 heterocycles. The number of carbonyl (C=O) groups is 1. The van der Waals surface area contributed by atoms with E-state index >= 15 is 0 Å². The minimum absolute atomic E-state index is 0.116. The van der Waals surface area contributed by atoms with Crippen molar-refractivity contribution in [2.45, 2.75) is 39.7 Å². The van der Waals surface area contributed by atoms with Crippen LogP contribution >= 0.6 is 27.3 Å². The molecule has 1 aromatic heterocycles. The van der Waals surface area contributed by atoms with Gasteiger partial charge in [-0.3, -0.25) is 4.79 Å². The summed E-state index contributed by atoms with van der Waals surface area (Å²) in [5, 5.41) is 2.17. The maximum atomic E-state index is 12.4. The lowest BCUT2D eigenvalue weighted by atomic mass is 9.71. The van der Waals surface area contributed by atoms with E-state index < -0.39 is 0 Å². The van der Waals surface area contributed by atoms with Crippen LogP contribution < -0.4 is 0 Å². The Labute approximate surface area is 128 Å². The first-order valence-corrected chi connectivity index (χ1v) is 8.51. The molecule has 19 heavy (non-hydrogen) atoms. The normalized spacial score (nSPS) is 23.0. The molecule has 0 N–H and O–H groups in total. The molecule has 0 aromatic carbocycles. The number of rotatable bonds is 4. The van der Waals surface area contributed by atoms with Crippen LogP contribution in [0.3, 0.4) is 0 Å². The third kappa shape index (κ3) is 3.89. The van der Waals surface area contributed by atoms with Crippen molar-refractivity contribution in [3.8, 4) is 0 Å². The monoisotopic (exact) mass is 343 g/mol. The summed E-state index contributed by atoms with van der Waals surface area (Å²) in [5.41, 5.74) is 1.21. The maximum absolute atomic E-state index is 12.4. The number of hydrogen-bond donors (Lipinski definition) is 0. The molecule has 1 aliphatic carbocycles. The van der Waals surface area contributed by atoms with Crippen molar-refractivity contribution in [2.75, 3.05) is 13.6 Å². The fourth-order valence-electron chi connectivity index (χ4n) is 2.95. The highest BCUT2D eigenvalue weighted by Crippen LogP contribution is 2.35. The van der Waals surface area contributed by atoms with Crippen molar-refractivity contribution in [3.63, 3.8) is 0 Å². The van der Waals surface area contributed by atoms with E-state index in [-0.39, 0.29) is 11.3 Å². The van der Waals surface area contributed by atoms with Gasteiger partial charge < -0.3 is 4.90 Å². The second kappa shape index (κ2) is 6.06. The van der Waals surface area contributed by atoms with Crippen LogP contribution in [-0.2, 0) is 11.3 Å². The summed E-state index contributed by atoms with van der Waals surface area (Å²) < 4.78 is 1.17. The summed E-state index contributed by atoms with van der Waals surface area (Å²) in [6, 6.07) is 2.16. The van der Waals surface area contributed by atoms with Crippen LogP contribution in [0.2, 0.25) is 0 Å². The number of thiophene rings is 1. The van der Waals surface area contributed by atoms with Gasteiger partial charge in [0, 0.05) is 24.4 Å². The van der Waals surface area contributed by atoms with Gasteiger partial charge in [0.15, 0.2) is 0 Å². The van der Waals surface area contributed by atoms with Crippen LogP contribution in [0, 0.1) is 11.3 Å². The zero-order valence-corrected chi connectivity index (χ0v) is 14.3. The number of hydrogen-bond acceptors (Lipinski definition) is 3. The second-order valence-corrected chi connectivity index (χ2v) is 8.58. The zero-order chi connectivity index (χ0) is 14.0. The Balaban J connectivity index is 1.91. The second-order valence-electron chi connectivity index (χ2n) is 6.29. The average Bonchev–Trinajstić information content (AvgIpc) is 2.70. The number of ketones is 1. The van der Waals surface area contributed by atoms with E-state index in [2.05, 4.69) is 53.2 Å². The Morgan fingerprint density at radius 3 is 2.89 bits per heavy atom. The van der Waals surface area contributed by atoms with Gasteiger partial charge in [-0.1, -0.05) is 20.3 Å². The lowest BCUT2D eigenvalue weighted by Gasteiger charge is -2.35. The van der Waals surface area contributed by atoms with Gasteiger partial charge in [-0.25, -0.2) is 0 Å². The number of Topliss-reactive ketones (excluding diaryl/α,β-unsaturated/α-hetero) is 1. The van der Waals surface area contributed by atoms with Crippen molar-refractivity contribution in [1.29, 1.82) is 0 Å². The fourth-order valence-corrected chi connectivity index (χ4v) is 4.15. The molecule has 0 radical (unpaired) electrons. The van der Waals surface area contributed by atoms with E-state index in [4.69, 9.17) is 0 Å². The molecule has 106 valence electrons. The first-order chi connectivity index (χ1) is 8.88. The minimum Gasteiger partial charge on any atom is -0.301 e. The van der Waals surface area contributed by atoms with Crippen molar-refractivity contribution < 1.29 is 4.79 Å². The fraction of sp³-hybridized carbons (Fsp3) is 0.667. The van der Waals surface area contributed by atoms with E-state index in [0.717, 1.165) is 25.9 Å². The largest absolute Gasteiger partial charge is 0.301 e. The molecule has 1 aromatic rings. The summed E-state index contributed by atoms with van der Waals surface area (Å²) in [6.45, 7) is 6.00. The molecule has 1 fully saturated rings. The molecule has 0 saturated heterocycles. The lowest BCUT2D eigenvalue weighted by molar-refractivity contribution is -0.134. The van der Waals surface area contributed by atoms with Gasteiger partial charge in [0.1, 0.15) is 5.78 Å². The Bertz CT molecular complexity index is 455. The quantitative estimate of drug-likeness (QED) is 0.810. The highest BCUT2D eigenvalue weighted by molar-refractivity contribution is 9.11. The molecule has 2 nitrogen and oxygen atoms in total. The van der Waals surface area contributed by atoms with Crippen molar-refractivity contribution in [3.05, 3.63) is 20.8 Å². The molecular formula is C15H22BrNOS. The molecule has 1 atom stereocenters. The number of carbonyl (C=O) groups excluding carboxylic acids is 1. The molecule has 0 bridgehead atoms. The highest BCUT2D eigenvalue weighted by atomic mass is 79.9. The summed E-state index contributed by atoms with van der Waals surface area (Å²) in [6.07, 6.45) is 3.28.